The number of aryl methyl sites for hydroxylation is 2. The number of hydrogen-bond donors (Lipinski definition) is 1. The van der Waals surface area contributed by atoms with Gasteiger partial charge in [-0.25, -0.2) is 4.79 Å². The molecule has 0 radical (unpaired) electrons. The highest BCUT2D eigenvalue weighted by atomic mass is 35.5. The zero-order chi connectivity index (χ0) is 22.9. The van der Waals surface area contributed by atoms with Gasteiger partial charge in [0.1, 0.15) is 17.5 Å². The lowest BCUT2D eigenvalue weighted by Gasteiger charge is -2.24. The van der Waals surface area contributed by atoms with Crippen LogP contribution >= 0.6 is 23.4 Å². The van der Waals surface area contributed by atoms with E-state index in [-0.39, 0.29) is 4.91 Å². The summed E-state index contributed by atoms with van der Waals surface area (Å²) in [5.74, 6) is -0.919. The molecule has 2 amide bonds. The van der Waals surface area contributed by atoms with Crippen molar-refractivity contribution in [2.45, 2.75) is 33.7 Å². The quantitative estimate of drug-likeness (QED) is 0.542. The van der Waals surface area contributed by atoms with E-state index >= 15 is 0 Å². The van der Waals surface area contributed by atoms with Crippen molar-refractivity contribution in [1.29, 1.82) is 0 Å². The third kappa shape index (κ3) is 4.94. The minimum Gasteiger partial charge on any atom is -0.480 e. The number of halogens is 1. The molecule has 0 spiro atoms. The van der Waals surface area contributed by atoms with Crippen molar-refractivity contribution in [3.05, 3.63) is 63.0 Å². The zero-order valence-electron chi connectivity index (χ0n) is 17.5. The summed E-state index contributed by atoms with van der Waals surface area (Å²) in [5.41, 5.74) is 2.54. The van der Waals surface area contributed by atoms with Crippen LogP contribution in [0.2, 0.25) is 5.02 Å². The summed E-state index contributed by atoms with van der Waals surface area (Å²) in [4.78, 5) is 37.5. The molecule has 6 nitrogen and oxygen atoms in total. The first kappa shape index (κ1) is 22.9. The number of carbonyl (C=O) groups is 3. The van der Waals surface area contributed by atoms with E-state index < -0.39 is 29.1 Å². The van der Waals surface area contributed by atoms with E-state index in [0.29, 0.717) is 22.1 Å². The number of benzene rings is 2. The average Bonchev–Trinajstić information content (AvgIpc) is 2.95. The van der Waals surface area contributed by atoms with Crippen LogP contribution in [-0.2, 0) is 9.59 Å². The van der Waals surface area contributed by atoms with Gasteiger partial charge in [-0.2, -0.15) is 0 Å². The van der Waals surface area contributed by atoms with Crippen LogP contribution in [0.3, 0.4) is 0 Å². The van der Waals surface area contributed by atoms with Crippen molar-refractivity contribution in [3.63, 3.8) is 0 Å². The number of nitrogens with zero attached hydrogens (tertiary/aromatic N) is 1. The molecule has 1 atom stereocenters. The summed E-state index contributed by atoms with van der Waals surface area (Å²) in [5, 5.41) is 9.55. The molecule has 8 heteroatoms. The molecule has 1 aliphatic rings. The molecule has 2 aromatic carbocycles. The lowest BCUT2D eigenvalue weighted by Crippen LogP contribution is -2.47. The van der Waals surface area contributed by atoms with Gasteiger partial charge in [0.05, 0.1) is 4.91 Å². The van der Waals surface area contributed by atoms with E-state index in [0.717, 1.165) is 27.8 Å². The first-order valence-electron chi connectivity index (χ1n) is 9.63. The minimum absolute atomic E-state index is 0.189. The Morgan fingerprint density at radius 3 is 2.19 bits per heavy atom. The van der Waals surface area contributed by atoms with Crippen LogP contribution in [0.15, 0.2) is 41.3 Å². The Balaban J connectivity index is 1.78. The Morgan fingerprint density at radius 1 is 1.10 bits per heavy atom. The monoisotopic (exact) mass is 459 g/mol. The number of carboxylic acids is 1. The number of thioether (sulfide) groups is 1. The van der Waals surface area contributed by atoms with Gasteiger partial charge in [-0.05, 0) is 78.6 Å². The van der Waals surface area contributed by atoms with Gasteiger partial charge < -0.3 is 9.84 Å². The third-order valence-corrected chi connectivity index (χ3v) is 6.29. The molecule has 1 aliphatic heterocycles. The molecule has 1 saturated heterocycles. The Kier molecular flexibility index (Phi) is 6.77. The summed E-state index contributed by atoms with van der Waals surface area (Å²) in [6.45, 7) is 7.14. The van der Waals surface area contributed by atoms with E-state index in [1.165, 1.54) is 0 Å². The van der Waals surface area contributed by atoms with Gasteiger partial charge in [0.2, 0.25) is 0 Å². The lowest BCUT2D eigenvalue weighted by atomic mass is 10.0. The van der Waals surface area contributed by atoms with Crippen LogP contribution < -0.4 is 4.74 Å². The second-order valence-corrected chi connectivity index (χ2v) is 8.99. The maximum atomic E-state index is 12.7. The summed E-state index contributed by atoms with van der Waals surface area (Å²) >= 11 is 6.93. The van der Waals surface area contributed by atoms with Gasteiger partial charge in [-0.1, -0.05) is 37.6 Å². The molecule has 1 N–H and O–H groups in total. The summed E-state index contributed by atoms with van der Waals surface area (Å²) < 4.78 is 5.88. The number of hydrogen-bond acceptors (Lipinski definition) is 5. The number of aliphatic carboxylic acids is 1. The van der Waals surface area contributed by atoms with E-state index in [9.17, 15) is 19.5 Å². The standard InChI is InChI=1S/C23H22ClNO5S/c1-12(2)20(22(27)28)25-21(26)18(31-23(25)29)11-15-5-7-16(8-6-15)30-17-9-13(3)19(24)14(4)10-17/h5-12,20H,1-4H3,(H,27,28)/b18-11-/t20-/m0/s1. The molecule has 0 aliphatic carbocycles. The summed E-state index contributed by atoms with van der Waals surface area (Å²) in [6, 6.07) is 9.54. The van der Waals surface area contributed by atoms with Crippen molar-refractivity contribution in [3.8, 4) is 11.5 Å². The van der Waals surface area contributed by atoms with E-state index in [1.807, 2.05) is 26.0 Å². The molecule has 162 valence electrons. The van der Waals surface area contributed by atoms with Gasteiger partial charge in [0.25, 0.3) is 11.1 Å². The highest BCUT2D eigenvalue weighted by Gasteiger charge is 2.44. The predicted molar refractivity (Wildman–Crippen MR) is 122 cm³/mol. The largest absolute Gasteiger partial charge is 0.480 e. The maximum Gasteiger partial charge on any atom is 0.327 e. The van der Waals surface area contributed by atoms with Gasteiger partial charge in [0, 0.05) is 5.02 Å². The predicted octanol–water partition coefficient (Wildman–Crippen LogP) is 5.89. The number of imide groups is 1. The molecule has 0 saturated carbocycles. The van der Waals surface area contributed by atoms with Crippen molar-refractivity contribution < 1.29 is 24.2 Å². The highest BCUT2D eigenvalue weighted by Crippen LogP contribution is 2.35. The Labute approximate surface area is 189 Å². The van der Waals surface area contributed by atoms with E-state index in [4.69, 9.17) is 16.3 Å². The van der Waals surface area contributed by atoms with Crippen LogP contribution in [0.4, 0.5) is 4.79 Å². The second kappa shape index (κ2) is 9.16. The van der Waals surface area contributed by atoms with Crippen LogP contribution in [0.1, 0.15) is 30.5 Å². The van der Waals surface area contributed by atoms with Gasteiger partial charge in [-0.3, -0.25) is 14.5 Å². The van der Waals surface area contributed by atoms with Crippen LogP contribution in [0.5, 0.6) is 11.5 Å². The topological polar surface area (TPSA) is 83.9 Å². The molecule has 1 heterocycles. The fourth-order valence-electron chi connectivity index (χ4n) is 3.30. The Morgan fingerprint density at radius 2 is 1.68 bits per heavy atom. The van der Waals surface area contributed by atoms with Crippen molar-refractivity contribution in [2.75, 3.05) is 0 Å². The molecular formula is C23H22ClNO5S. The SMILES string of the molecule is Cc1cc(Oc2ccc(/C=C3\SC(=O)N([C@H](C(=O)O)C(C)C)C3=O)cc2)cc(C)c1Cl. The fraction of sp³-hybridized carbons (Fsp3) is 0.261. The molecular weight excluding hydrogens is 438 g/mol. The number of rotatable bonds is 6. The molecule has 0 unspecified atom stereocenters. The average molecular weight is 460 g/mol. The first-order valence-corrected chi connectivity index (χ1v) is 10.8. The van der Waals surface area contributed by atoms with Crippen molar-refractivity contribution in [2.24, 2.45) is 5.92 Å². The molecule has 3 rings (SSSR count). The molecule has 0 aromatic heterocycles. The van der Waals surface area contributed by atoms with Crippen LogP contribution in [0, 0.1) is 19.8 Å². The first-order chi connectivity index (χ1) is 14.6. The molecule has 0 bridgehead atoms. The van der Waals surface area contributed by atoms with E-state index in [1.54, 1.807) is 44.2 Å². The van der Waals surface area contributed by atoms with E-state index in [2.05, 4.69) is 0 Å². The van der Waals surface area contributed by atoms with Gasteiger partial charge in [0.15, 0.2) is 0 Å². The molecule has 31 heavy (non-hydrogen) atoms. The van der Waals surface area contributed by atoms with Crippen LogP contribution in [0.25, 0.3) is 6.08 Å². The second-order valence-electron chi connectivity index (χ2n) is 7.62. The smallest absolute Gasteiger partial charge is 0.327 e. The fourth-order valence-corrected chi connectivity index (χ4v) is 4.27. The number of ether oxygens (including phenoxy) is 1. The Bertz CT molecular complexity index is 1050. The van der Waals surface area contributed by atoms with Crippen LogP contribution in [-0.4, -0.2) is 33.2 Å². The number of carbonyl (C=O) groups excluding carboxylic acids is 2. The molecule has 2 aromatic rings. The summed E-state index contributed by atoms with van der Waals surface area (Å²) in [6.07, 6.45) is 1.57. The van der Waals surface area contributed by atoms with Gasteiger partial charge >= 0.3 is 5.97 Å². The highest BCUT2D eigenvalue weighted by molar-refractivity contribution is 8.18. The molecule has 1 fully saturated rings. The third-order valence-electron chi connectivity index (χ3n) is 4.81. The summed E-state index contributed by atoms with van der Waals surface area (Å²) in [7, 11) is 0. The number of amides is 2. The Hall–Kier alpha value is -2.77. The maximum absolute atomic E-state index is 12.7. The van der Waals surface area contributed by atoms with Gasteiger partial charge in [-0.15, -0.1) is 0 Å². The normalized spacial score (nSPS) is 16.3. The van der Waals surface area contributed by atoms with Crippen molar-refractivity contribution >= 4 is 46.6 Å². The zero-order valence-corrected chi connectivity index (χ0v) is 19.1. The minimum atomic E-state index is -1.20. The number of carboxylic acid groups (broad SMARTS) is 1. The lowest BCUT2D eigenvalue weighted by molar-refractivity contribution is -0.147. The van der Waals surface area contributed by atoms with Crippen molar-refractivity contribution in [1.82, 2.24) is 4.90 Å².